The molecule has 5 rings (SSSR count). The fourth-order valence-corrected chi connectivity index (χ4v) is 7.80. The number of hydrogen-bond donors (Lipinski definition) is 3. The van der Waals surface area contributed by atoms with Gasteiger partial charge in [-0.25, -0.2) is 8.42 Å². The molecule has 0 saturated heterocycles. The molecule has 1 unspecified atom stereocenters. The molecule has 2 aliphatic rings. The lowest BCUT2D eigenvalue weighted by Crippen LogP contribution is -3.08. The number of aryl methyl sites for hydroxylation is 1. The second kappa shape index (κ2) is 9.68. The molecular weight excluding hydrogens is 496 g/mol. The van der Waals surface area contributed by atoms with Crippen LogP contribution in [-0.4, -0.2) is 47.4 Å². The van der Waals surface area contributed by atoms with E-state index >= 15 is 0 Å². The SMILES string of the molecule is CNC(=O)c1c(NC(=O)c2ccc(S(=O)(=O)N3CCCc4ccccc43)cc2)sc2c1CC[NH+](C)C2. The van der Waals surface area contributed by atoms with Crippen LogP contribution >= 0.6 is 11.3 Å². The standard InChI is InChI=1S/C26H28N4O4S2/c1-27-25(32)23-20-13-15-29(2)16-22(20)35-26(23)28-24(31)18-9-11-19(12-10-18)36(33,34)30-14-5-7-17-6-3-4-8-21(17)30/h3-4,6,8-12H,5,7,13-16H2,1-2H3,(H,27,32)(H,28,31)/p+1. The lowest BCUT2D eigenvalue weighted by atomic mass is 10.0. The van der Waals surface area contributed by atoms with Crippen LogP contribution in [0, 0.1) is 0 Å². The highest BCUT2D eigenvalue weighted by molar-refractivity contribution is 7.92. The molecule has 10 heteroatoms. The summed E-state index contributed by atoms with van der Waals surface area (Å²) in [5.74, 6) is -0.600. The molecule has 188 valence electrons. The second-order valence-corrected chi connectivity index (χ2v) is 12.2. The maximum absolute atomic E-state index is 13.4. The number of carbonyl (C=O) groups is 2. The highest BCUT2D eigenvalue weighted by Crippen LogP contribution is 2.35. The Morgan fingerprint density at radius 3 is 2.53 bits per heavy atom. The van der Waals surface area contributed by atoms with Gasteiger partial charge in [0.2, 0.25) is 0 Å². The number of nitrogens with zero attached hydrogens (tertiary/aromatic N) is 1. The number of benzene rings is 2. The van der Waals surface area contributed by atoms with E-state index in [0.29, 0.717) is 28.4 Å². The van der Waals surface area contributed by atoms with Crippen LogP contribution in [0.25, 0.3) is 0 Å². The Morgan fingerprint density at radius 1 is 1.03 bits per heavy atom. The Morgan fingerprint density at radius 2 is 1.78 bits per heavy atom. The predicted octanol–water partition coefficient (Wildman–Crippen LogP) is 2.07. The zero-order chi connectivity index (χ0) is 25.4. The number of hydrogen-bond acceptors (Lipinski definition) is 5. The molecule has 3 N–H and O–H groups in total. The van der Waals surface area contributed by atoms with Crippen LogP contribution in [0.2, 0.25) is 0 Å². The Hall–Kier alpha value is -3.21. The van der Waals surface area contributed by atoms with Gasteiger partial charge in [0.05, 0.1) is 34.6 Å². The van der Waals surface area contributed by atoms with Crippen LogP contribution in [0.4, 0.5) is 10.7 Å². The minimum atomic E-state index is -3.76. The average Bonchev–Trinajstić information content (AvgIpc) is 3.24. The third kappa shape index (κ3) is 4.40. The van der Waals surface area contributed by atoms with Crippen molar-refractivity contribution in [3.05, 3.63) is 75.7 Å². The van der Waals surface area contributed by atoms with Crippen molar-refractivity contribution < 1.29 is 22.9 Å². The van der Waals surface area contributed by atoms with E-state index < -0.39 is 10.0 Å². The van der Waals surface area contributed by atoms with E-state index in [1.165, 1.54) is 44.8 Å². The predicted molar refractivity (Wildman–Crippen MR) is 141 cm³/mol. The number of para-hydroxylation sites is 1. The van der Waals surface area contributed by atoms with Gasteiger partial charge < -0.3 is 15.5 Å². The molecule has 3 aromatic rings. The summed E-state index contributed by atoms with van der Waals surface area (Å²) in [5.41, 5.74) is 3.58. The molecule has 1 aromatic heterocycles. The number of rotatable bonds is 5. The first-order valence-electron chi connectivity index (χ1n) is 12.0. The number of carbonyl (C=O) groups excluding carboxylic acids is 2. The molecule has 2 amide bonds. The summed E-state index contributed by atoms with van der Waals surface area (Å²) in [6, 6.07) is 13.5. The molecule has 36 heavy (non-hydrogen) atoms. The summed E-state index contributed by atoms with van der Waals surface area (Å²) in [4.78, 5) is 28.3. The Balaban J connectivity index is 1.39. The molecule has 2 aromatic carbocycles. The maximum atomic E-state index is 13.4. The van der Waals surface area contributed by atoms with Crippen molar-refractivity contribution in [2.24, 2.45) is 0 Å². The summed E-state index contributed by atoms with van der Waals surface area (Å²) in [7, 11) is -0.0659. The van der Waals surface area contributed by atoms with Gasteiger partial charge in [0.25, 0.3) is 21.8 Å². The van der Waals surface area contributed by atoms with Crippen LogP contribution < -0.4 is 19.8 Å². The summed E-state index contributed by atoms with van der Waals surface area (Å²) >= 11 is 1.44. The number of sulfonamides is 1. The van der Waals surface area contributed by atoms with E-state index in [1.54, 1.807) is 7.05 Å². The molecule has 0 radical (unpaired) electrons. The monoisotopic (exact) mass is 525 g/mol. The molecule has 0 aliphatic carbocycles. The van der Waals surface area contributed by atoms with Crippen molar-refractivity contribution in [2.45, 2.75) is 30.7 Å². The number of quaternary nitrogens is 1. The van der Waals surface area contributed by atoms with Crippen LogP contribution in [-0.2, 0) is 29.4 Å². The first-order chi connectivity index (χ1) is 17.3. The van der Waals surface area contributed by atoms with Crippen LogP contribution in [0.1, 0.15) is 43.1 Å². The topological polar surface area (TPSA) is 100 Å². The molecule has 0 spiro atoms. The van der Waals surface area contributed by atoms with Gasteiger partial charge in [-0.15, -0.1) is 11.3 Å². The van der Waals surface area contributed by atoms with E-state index in [0.717, 1.165) is 48.4 Å². The second-order valence-electron chi connectivity index (χ2n) is 9.21. The molecule has 1 atom stereocenters. The summed E-state index contributed by atoms with van der Waals surface area (Å²) in [5, 5.41) is 6.11. The number of amides is 2. The van der Waals surface area contributed by atoms with Crippen molar-refractivity contribution in [3.63, 3.8) is 0 Å². The Bertz CT molecular complexity index is 1430. The quantitative estimate of drug-likeness (QED) is 0.475. The minimum absolute atomic E-state index is 0.138. The van der Waals surface area contributed by atoms with Gasteiger partial charge in [0.15, 0.2) is 0 Å². The highest BCUT2D eigenvalue weighted by atomic mass is 32.2. The highest BCUT2D eigenvalue weighted by Gasteiger charge is 2.31. The number of fused-ring (bicyclic) bond motifs is 2. The first kappa shape index (κ1) is 24.5. The normalized spacial score (nSPS) is 17.2. The van der Waals surface area contributed by atoms with E-state index in [1.807, 2.05) is 24.3 Å². The first-order valence-corrected chi connectivity index (χ1v) is 14.2. The van der Waals surface area contributed by atoms with Gasteiger partial charge in [-0.2, -0.15) is 0 Å². The molecule has 3 heterocycles. The largest absolute Gasteiger partial charge is 0.355 e. The lowest BCUT2D eigenvalue weighted by Gasteiger charge is -2.30. The number of likely N-dealkylation sites (N-methyl/N-ethyl adjacent to an activating group) is 1. The summed E-state index contributed by atoms with van der Waals surface area (Å²) in [6.07, 6.45) is 2.39. The smallest absolute Gasteiger partial charge is 0.264 e. The zero-order valence-electron chi connectivity index (χ0n) is 20.3. The van der Waals surface area contributed by atoms with Crippen LogP contribution in [0.3, 0.4) is 0 Å². The van der Waals surface area contributed by atoms with Crippen LogP contribution in [0.15, 0.2) is 53.4 Å². The molecule has 0 saturated carbocycles. The fourth-order valence-electron chi connectivity index (χ4n) is 4.90. The Labute approximate surface area is 215 Å². The molecular formula is C26H29N4O4S2+. The van der Waals surface area contributed by atoms with Gasteiger partial charge in [0, 0.05) is 25.6 Å². The maximum Gasteiger partial charge on any atom is 0.264 e. The van der Waals surface area contributed by atoms with E-state index in [9.17, 15) is 18.0 Å². The van der Waals surface area contributed by atoms with E-state index in [2.05, 4.69) is 17.7 Å². The summed E-state index contributed by atoms with van der Waals surface area (Å²) < 4.78 is 28.2. The lowest BCUT2D eigenvalue weighted by molar-refractivity contribution is -0.895. The number of nitrogens with one attached hydrogen (secondary N) is 3. The van der Waals surface area contributed by atoms with Gasteiger partial charge in [-0.3, -0.25) is 13.9 Å². The summed E-state index contributed by atoms with van der Waals surface area (Å²) in [6.45, 7) is 2.16. The number of thiophene rings is 1. The third-order valence-corrected chi connectivity index (χ3v) is 9.78. The minimum Gasteiger partial charge on any atom is -0.355 e. The van der Waals surface area contributed by atoms with Gasteiger partial charge in [0.1, 0.15) is 11.5 Å². The van der Waals surface area contributed by atoms with E-state index in [4.69, 9.17) is 0 Å². The molecule has 0 fully saturated rings. The number of anilines is 2. The van der Waals surface area contributed by atoms with Crippen LogP contribution in [0.5, 0.6) is 0 Å². The molecule has 0 bridgehead atoms. The zero-order valence-corrected chi connectivity index (χ0v) is 21.9. The molecule has 8 nitrogen and oxygen atoms in total. The van der Waals surface area contributed by atoms with Crippen molar-refractivity contribution in [3.8, 4) is 0 Å². The van der Waals surface area contributed by atoms with E-state index in [-0.39, 0.29) is 16.7 Å². The average molecular weight is 526 g/mol. The van der Waals surface area contributed by atoms with Gasteiger partial charge in [-0.1, -0.05) is 18.2 Å². The van der Waals surface area contributed by atoms with Gasteiger partial charge in [-0.05, 0) is 54.3 Å². The Kier molecular flexibility index (Phi) is 6.59. The van der Waals surface area contributed by atoms with Crippen molar-refractivity contribution in [1.82, 2.24) is 5.32 Å². The van der Waals surface area contributed by atoms with Crippen molar-refractivity contribution >= 4 is 43.9 Å². The van der Waals surface area contributed by atoms with Crippen molar-refractivity contribution in [2.75, 3.05) is 36.8 Å². The van der Waals surface area contributed by atoms with Crippen molar-refractivity contribution in [1.29, 1.82) is 0 Å². The fraction of sp³-hybridized carbons (Fsp3) is 0.308. The molecule has 2 aliphatic heterocycles. The van der Waals surface area contributed by atoms with Gasteiger partial charge >= 0.3 is 0 Å². The third-order valence-electron chi connectivity index (χ3n) is 6.81.